The predicted molar refractivity (Wildman–Crippen MR) is 144 cm³/mol. The fraction of sp³-hybridized carbons (Fsp3) is 0.226. The molecule has 6 heteroatoms. The molecule has 0 aromatic heterocycles. The van der Waals surface area contributed by atoms with E-state index in [2.05, 4.69) is 5.32 Å². The van der Waals surface area contributed by atoms with E-state index in [9.17, 15) is 14.7 Å². The van der Waals surface area contributed by atoms with Crippen molar-refractivity contribution in [1.82, 2.24) is 0 Å². The Balaban J connectivity index is 1.57. The number of benzene rings is 4. The van der Waals surface area contributed by atoms with Crippen molar-refractivity contribution in [2.45, 2.75) is 33.2 Å². The molecule has 4 rings (SSSR count). The van der Waals surface area contributed by atoms with E-state index in [1.807, 2.05) is 98.8 Å². The Hall–Kier alpha value is -4.00. The third-order valence-corrected chi connectivity index (χ3v) is 6.17. The molecule has 0 fully saturated rings. The minimum atomic E-state index is -1.12. The van der Waals surface area contributed by atoms with Gasteiger partial charge < -0.3 is 19.9 Å². The number of hydrogen-bond acceptors (Lipinski definition) is 4. The maximum absolute atomic E-state index is 13.6. The monoisotopic (exact) mass is 497 g/mol. The van der Waals surface area contributed by atoms with Gasteiger partial charge in [-0.25, -0.2) is 4.79 Å². The number of hydrogen-bond donors (Lipinski definition) is 2. The molecule has 0 saturated carbocycles. The van der Waals surface area contributed by atoms with Crippen molar-refractivity contribution in [1.29, 1.82) is 0 Å². The Morgan fingerprint density at radius 1 is 0.811 bits per heavy atom. The molecule has 1 unspecified atom stereocenters. The number of carbonyl (C=O) groups is 2. The van der Waals surface area contributed by atoms with Crippen LogP contribution in [0.2, 0.25) is 0 Å². The maximum atomic E-state index is 13.6. The second-order valence-electron chi connectivity index (χ2n) is 9.68. The number of carboxylic acid groups (broad SMARTS) is 1. The molecule has 0 heterocycles. The summed E-state index contributed by atoms with van der Waals surface area (Å²) in [7, 11) is 0. The van der Waals surface area contributed by atoms with Crippen LogP contribution < -0.4 is 5.32 Å². The molecule has 1 atom stereocenters. The lowest BCUT2D eigenvalue weighted by Gasteiger charge is -2.33. The normalized spacial score (nSPS) is 12.3. The van der Waals surface area contributed by atoms with Crippen molar-refractivity contribution >= 4 is 28.3 Å². The SMILES string of the molecule is CC(C)(COCc1ccccc1)C(OCc1ccccc1)C(=O)Nc1cc2ccccc2cc1C(=O)O. The topological polar surface area (TPSA) is 84.9 Å². The number of fused-ring (bicyclic) bond motifs is 1. The van der Waals surface area contributed by atoms with Gasteiger partial charge in [-0.15, -0.1) is 0 Å². The first-order valence-electron chi connectivity index (χ1n) is 12.2. The Labute approximate surface area is 216 Å². The van der Waals surface area contributed by atoms with Gasteiger partial charge in [-0.2, -0.15) is 0 Å². The lowest BCUT2D eigenvalue weighted by atomic mass is 9.86. The molecule has 0 radical (unpaired) electrons. The number of rotatable bonds is 11. The van der Waals surface area contributed by atoms with Crippen molar-refractivity contribution in [3.8, 4) is 0 Å². The Morgan fingerprint density at radius 3 is 1.95 bits per heavy atom. The Bertz CT molecular complexity index is 1350. The van der Waals surface area contributed by atoms with E-state index in [1.165, 1.54) is 0 Å². The zero-order chi connectivity index (χ0) is 26.3. The number of ether oxygens (including phenoxy) is 2. The van der Waals surface area contributed by atoms with Gasteiger partial charge in [-0.3, -0.25) is 4.79 Å². The molecule has 37 heavy (non-hydrogen) atoms. The second kappa shape index (κ2) is 11.8. The van der Waals surface area contributed by atoms with Gasteiger partial charge >= 0.3 is 5.97 Å². The zero-order valence-corrected chi connectivity index (χ0v) is 21.0. The highest BCUT2D eigenvalue weighted by molar-refractivity contribution is 6.06. The minimum Gasteiger partial charge on any atom is -0.478 e. The highest BCUT2D eigenvalue weighted by atomic mass is 16.5. The van der Waals surface area contributed by atoms with Crippen LogP contribution in [0, 0.1) is 5.41 Å². The summed E-state index contributed by atoms with van der Waals surface area (Å²) in [6.07, 6.45) is -0.906. The van der Waals surface area contributed by atoms with E-state index < -0.39 is 23.4 Å². The molecule has 4 aromatic carbocycles. The van der Waals surface area contributed by atoms with Crippen molar-refractivity contribution in [3.05, 3.63) is 114 Å². The van der Waals surface area contributed by atoms with Gasteiger partial charge in [0.05, 0.1) is 31.1 Å². The van der Waals surface area contributed by atoms with Gasteiger partial charge in [-0.05, 0) is 34.0 Å². The molecule has 0 spiro atoms. The van der Waals surface area contributed by atoms with Gasteiger partial charge in [0.2, 0.25) is 0 Å². The second-order valence-corrected chi connectivity index (χ2v) is 9.68. The van der Waals surface area contributed by atoms with Crippen LogP contribution in [0.3, 0.4) is 0 Å². The molecule has 0 bridgehead atoms. The van der Waals surface area contributed by atoms with E-state index in [0.29, 0.717) is 6.61 Å². The molecule has 0 aliphatic heterocycles. The van der Waals surface area contributed by atoms with Crippen LogP contribution in [-0.4, -0.2) is 29.7 Å². The summed E-state index contributed by atoms with van der Waals surface area (Å²) in [5, 5.41) is 14.3. The zero-order valence-electron chi connectivity index (χ0n) is 21.0. The Kier molecular flexibility index (Phi) is 8.33. The molecule has 0 aliphatic rings. The van der Waals surface area contributed by atoms with Gasteiger partial charge in [-0.1, -0.05) is 98.8 Å². The van der Waals surface area contributed by atoms with Crippen LogP contribution in [0.5, 0.6) is 0 Å². The summed E-state index contributed by atoms with van der Waals surface area (Å²) >= 11 is 0. The van der Waals surface area contributed by atoms with E-state index >= 15 is 0 Å². The van der Waals surface area contributed by atoms with Crippen LogP contribution >= 0.6 is 0 Å². The summed E-state index contributed by atoms with van der Waals surface area (Å²) < 4.78 is 12.2. The largest absolute Gasteiger partial charge is 0.478 e. The average Bonchev–Trinajstić information content (AvgIpc) is 2.89. The summed E-state index contributed by atoms with van der Waals surface area (Å²) in [6, 6.07) is 30.1. The summed E-state index contributed by atoms with van der Waals surface area (Å²) in [5.74, 6) is -1.55. The van der Waals surface area contributed by atoms with Gasteiger partial charge in [0.15, 0.2) is 0 Å². The minimum absolute atomic E-state index is 0.0204. The predicted octanol–water partition coefficient (Wildman–Crippen LogP) is 6.30. The van der Waals surface area contributed by atoms with E-state index in [1.54, 1.807) is 12.1 Å². The third kappa shape index (κ3) is 6.82. The van der Waals surface area contributed by atoms with Crippen LogP contribution in [0.15, 0.2) is 97.1 Å². The summed E-state index contributed by atoms with van der Waals surface area (Å²) in [6.45, 7) is 4.71. The average molecular weight is 498 g/mol. The van der Waals surface area contributed by atoms with Crippen molar-refractivity contribution < 1.29 is 24.2 Å². The van der Waals surface area contributed by atoms with Crippen LogP contribution in [0.4, 0.5) is 5.69 Å². The molecule has 6 nitrogen and oxygen atoms in total. The molecular weight excluding hydrogens is 466 g/mol. The van der Waals surface area contributed by atoms with Crippen molar-refractivity contribution in [2.24, 2.45) is 5.41 Å². The first-order chi connectivity index (χ1) is 17.8. The number of nitrogens with one attached hydrogen (secondary N) is 1. The molecular formula is C31H31NO5. The molecule has 0 aliphatic carbocycles. The third-order valence-electron chi connectivity index (χ3n) is 6.17. The number of carboxylic acids is 1. The number of carbonyl (C=O) groups excluding carboxylic acids is 1. The van der Waals surface area contributed by atoms with Gasteiger partial charge in [0, 0.05) is 5.41 Å². The van der Waals surface area contributed by atoms with Crippen molar-refractivity contribution in [3.63, 3.8) is 0 Å². The number of anilines is 1. The van der Waals surface area contributed by atoms with Gasteiger partial charge in [0.25, 0.3) is 5.91 Å². The summed E-state index contributed by atoms with van der Waals surface area (Å²) in [5.41, 5.74) is 1.50. The van der Waals surface area contributed by atoms with Crippen LogP contribution in [0.25, 0.3) is 10.8 Å². The lowest BCUT2D eigenvalue weighted by Crippen LogP contribution is -2.45. The van der Waals surface area contributed by atoms with Crippen molar-refractivity contribution in [2.75, 3.05) is 11.9 Å². The van der Waals surface area contributed by atoms with E-state index in [0.717, 1.165) is 21.9 Å². The summed E-state index contributed by atoms with van der Waals surface area (Å²) in [4.78, 5) is 25.6. The maximum Gasteiger partial charge on any atom is 0.337 e. The highest BCUT2D eigenvalue weighted by Gasteiger charge is 2.37. The quantitative estimate of drug-likeness (QED) is 0.254. The molecule has 4 aromatic rings. The lowest BCUT2D eigenvalue weighted by molar-refractivity contribution is -0.141. The first-order valence-corrected chi connectivity index (χ1v) is 12.2. The molecule has 190 valence electrons. The fourth-order valence-corrected chi connectivity index (χ4v) is 4.21. The van der Waals surface area contributed by atoms with Crippen LogP contribution in [-0.2, 0) is 27.5 Å². The standard InChI is InChI=1S/C31H31NO5/c1-31(2,21-36-19-22-11-5-3-6-12-22)28(37-20-23-13-7-4-8-14-23)29(33)32-27-18-25-16-10-9-15-24(25)17-26(27)30(34)35/h3-18,28H,19-21H2,1-2H3,(H,32,33)(H,34,35). The first kappa shape index (κ1) is 26.1. The van der Waals surface area contributed by atoms with Gasteiger partial charge in [0.1, 0.15) is 6.10 Å². The molecule has 1 amide bonds. The van der Waals surface area contributed by atoms with E-state index in [4.69, 9.17) is 9.47 Å². The number of aromatic carboxylic acids is 1. The molecule has 0 saturated heterocycles. The smallest absolute Gasteiger partial charge is 0.337 e. The Morgan fingerprint density at radius 2 is 1.35 bits per heavy atom. The molecule has 2 N–H and O–H groups in total. The highest BCUT2D eigenvalue weighted by Crippen LogP contribution is 2.29. The fourth-order valence-electron chi connectivity index (χ4n) is 4.21. The van der Waals surface area contributed by atoms with Crippen LogP contribution in [0.1, 0.15) is 35.3 Å². The number of amides is 1. The van der Waals surface area contributed by atoms with E-state index in [-0.39, 0.29) is 24.5 Å².